The number of benzene rings is 2. The number of carbonyl (C=O) groups is 2. The number of hydrogen-bond acceptors (Lipinski definition) is 3. The van der Waals surface area contributed by atoms with Crippen LogP contribution in [-0.4, -0.2) is 21.7 Å². The molecule has 3 rings (SSSR count). The van der Waals surface area contributed by atoms with Crippen LogP contribution in [0, 0.1) is 0 Å². The monoisotopic (exact) mass is 467 g/mol. The zero-order valence-electron chi connectivity index (χ0n) is 16.6. The summed E-state index contributed by atoms with van der Waals surface area (Å²) in [6, 6.07) is 7.15. The number of allylic oxidation sites excluding steroid dienone is 1. The van der Waals surface area contributed by atoms with Crippen LogP contribution in [-0.2, 0) is 23.6 Å². The van der Waals surface area contributed by atoms with E-state index in [1.807, 2.05) is 0 Å². The van der Waals surface area contributed by atoms with Crippen LogP contribution < -0.4 is 5.32 Å². The van der Waals surface area contributed by atoms with Crippen LogP contribution in [0.15, 0.2) is 60.9 Å². The maximum absolute atomic E-state index is 12.9. The molecule has 5 nitrogen and oxygen atoms in total. The largest absolute Gasteiger partial charge is 0.416 e. The predicted molar refractivity (Wildman–Crippen MR) is 107 cm³/mol. The van der Waals surface area contributed by atoms with E-state index in [-0.39, 0.29) is 24.1 Å². The third-order valence-corrected chi connectivity index (χ3v) is 4.37. The number of ketones is 1. The Hall–Kier alpha value is -3.89. The fourth-order valence-corrected chi connectivity index (χ4v) is 2.82. The van der Waals surface area contributed by atoms with E-state index in [1.165, 1.54) is 24.5 Å². The van der Waals surface area contributed by atoms with Gasteiger partial charge >= 0.3 is 12.4 Å². The van der Waals surface area contributed by atoms with Gasteiger partial charge in [-0.2, -0.15) is 26.3 Å². The van der Waals surface area contributed by atoms with Gasteiger partial charge in [-0.25, -0.2) is 4.98 Å². The minimum Gasteiger partial charge on any atom is -0.342 e. The highest BCUT2D eigenvalue weighted by Gasteiger charge is 2.37. The number of aromatic amines is 1. The molecule has 0 bridgehead atoms. The lowest BCUT2D eigenvalue weighted by Gasteiger charge is -2.14. The van der Waals surface area contributed by atoms with E-state index in [2.05, 4.69) is 15.3 Å². The minimum absolute atomic E-state index is 0.0153. The SMILES string of the molecule is O=C(Cc1ccc(/C=C/C(=O)c2ncc[nH]2)cc1)Nc1cc(C(F)(F)F)cc(C(F)(F)F)c1. The zero-order valence-corrected chi connectivity index (χ0v) is 16.6. The van der Waals surface area contributed by atoms with E-state index in [0.717, 1.165) is 0 Å². The van der Waals surface area contributed by atoms with Gasteiger partial charge in [0.1, 0.15) is 0 Å². The van der Waals surface area contributed by atoms with E-state index in [4.69, 9.17) is 0 Å². The van der Waals surface area contributed by atoms with Gasteiger partial charge < -0.3 is 10.3 Å². The molecule has 0 saturated heterocycles. The van der Waals surface area contributed by atoms with Gasteiger partial charge in [0.05, 0.1) is 17.5 Å². The number of imidazole rings is 1. The maximum Gasteiger partial charge on any atom is 0.416 e. The number of anilines is 1. The summed E-state index contributed by atoms with van der Waals surface area (Å²) in [5.74, 6) is -0.968. The van der Waals surface area contributed by atoms with Crippen molar-refractivity contribution in [3.8, 4) is 0 Å². The summed E-state index contributed by atoms with van der Waals surface area (Å²) in [6.07, 6.45) is -4.55. The molecule has 0 fully saturated rings. The second kappa shape index (κ2) is 9.31. The Balaban J connectivity index is 1.68. The average Bonchev–Trinajstić information content (AvgIpc) is 3.26. The topological polar surface area (TPSA) is 74.8 Å². The summed E-state index contributed by atoms with van der Waals surface area (Å²) < 4.78 is 77.6. The Morgan fingerprint density at radius 1 is 0.939 bits per heavy atom. The smallest absolute Gasteiger partial charge is 0.342 e. The second-order valence-corrected chi connectivity index (χ2v) is 6.90. The molecule has 0 saturated carbocycles. The Labute approximate surface area is 183 Å². The summed E-state index contributed by atoms with van der Waals surface area (Å²) in [6.45, 7) is 0. The molecule has 0 aliphatic carbocycles. The van der Waals surface area contributed by atoms with Gasteiger partial charge in [-0.3, -0.25) is 9.59 Å². The lowest BCUT2D eigenvalue weighted by molar-refractivity contribution is -0.143. The number of carbonyl (C=O) groups excluding carboxylic acids is 2. The normalized spacial score (nSPS) is 12.2. The number of halogens is 6. The quantitative estimate of drug-likeness (QED) is 0.285. The summed E-state index contributed by atoms with van der Waals surface area (Å²) in [4.78, 5) is 30.5. The van der Waals surface area contributed by atoms with E-state index in [0.29, 0.717) is 23.3 Å². The fourth-order valence-electron chi connectivity index (χ4n) is 2.82. The Morgan fingerprint density at radius 2 is 1.55 bits per heavy atom. The molecule has 2 N–H and O–H groups in total. The molecule has 1 heterocycles. The average molecular weight is 467 g/mol. The first-order valence-electron chi connectivity index (χ1n) is 9.32. The van der Waals surface area contributed by atoms with Crippen molar-refractivity contribution in [2.24, 2.45) is 0 Å². The zero-order chi connectivity index (χ0) is 24.2. The first kappa shape index (κ1) is 23.8. The molecule has 0 atom stereocenters. The van der Waals surface area contributed by atoms with Gasteiger partial charge in [0.25, 0.3) is 0 Å². The van der Waals surface area contributed by atoms with E-state index in [1.54, 1.807) is 24.3 Å². The van der Waals surface area contributed by atoms with Gasteiger partial charge in [-0.1, -0.05) is 30.3 Å². The Morgan fingerprint density at radius 3 is 2.06 bits per heavy atom. The van der Waals surface area contributed by atoms with E-state index >= 15 is 0 Å². The van der Waals surface area contributed by atoms with Crippen molar-refractivity contribution in [1.82, 2.24) is 9.97 Å². The molecule has 0 aliphatic heterocycles. The first-order chi connectivity index (χ1) is 15.4. The molecule has 33 heavy (non-hydrogen) atoms. The molecule has 0 unspecified atom stereocenters. The molecule has 172 valence electrons. The summed E-state index contributed by atoms with van der Waals surface area (Å²) in [5, 5.41) is 2.08. The highest BCUT2D eigenvalue weighted by Crippen LogP contribution is 2.37. The molecule has 0 spiro atoms. The van der Waals surface area contributed by atoms with Gasteiger partial charge in [0.2, 0.25) is 11.7 Å². The second-order valence-electron chi connectivity index (χ2n) is 6.90. The fraction of sp³-hybridized carbons (Fsp3) is 0.136. The van der Waals surface area contributed by atoms with Crippen LogP contribution in [0.3, 0.4) is 0 Å². The molecule has 0 aliphatic rings. The lowest BCUT2D eigenvalue weighted by Crippen LogP contribution is -2.17. The van der Waals surface area contributed by atoms with Crippen LogP contribution in [0.25, 0.3) is 6.08 Å². The van der Waals surface area contributed by atoms with Gasteiger partial charge in [0.15, 0.2) is 5.82 Å². The maximum atomic E-state index is 12.9. The van der Waals surface area contributed by atoms with E-state index < -0.39 is 35.1 Å². The third kappa shape index (κ3) is 6.55. The predicted octanol–water partition coefficient (Wildman–Crippen LogP) is 5.52. The number of nitrogens with one attached hydrogen (secondary N) is 2. The standard InChI is InChI=1S/C22H15F6N3O2/c23-21(24,25)15-10-16(22(26,27)28)12-17(11-15)31-19(33)9-14-3-1-13(2-4-14)5-6-18(32)20-29-7-8-30-20/h1-8,10-12H,9H2,(H,29,30)(H,31,33)/b6-5+. The van der Waals surface area contributed by atoms with Gasteiger partial charge in [-0.05, 0) is 35.4 Å². The van der Waals surface area contributed by atoms with Crippen LogP contribution in [0.5, 0.6) is 0 Å². The lowest BCUT2D eigenvalue weighted by atomic mass is 10.1. The van der Waals surface area contributed by atoms with Crippen molar-refractivity contribution >= 4 is 23.5 Å². The minimum atomic E-state index is -5.01. The molecular formula is C22H15F6N3O2. The molecule has 2 aromatic carbocycles. The van der Waals surface area contributed by atoms with E-state index in [9.17, 15) is 35.9 Å². The van der Waals surface area contributed by atoms with Crippen molar-refractivity contribution < 1.29 is 35.9 Å². The number of amides is 1. The van der Waals surface area contributed by atoms with Crippen LogP contribution >= 0.6 is 0 Å². The number of rotatable bonds is 6. The molecule has 0 radical (unpaired) electrons. The first-order valence-corrected chi connectivity index (χ1v) is 9.32. The number of hydrogen-bond donors (Lipinski definition) is 2. The number of H-pyrrole nitrogens is 1. The van der Waals surface area contributed by atoms with Gasteiger partial charge in [-0.15, -0.1) is 0 Å². The molecule has 3 aromatic rings. The third-order valence-electron chi connectivity index (χ3n) is 4.37. The number of nitrogens with zero attached hydrogens (tertiary/aromatic N) is 1. The molecule has 1 aromatic heterocycles. The summed E-state index contributed by atoms with van der Waals surface area (Å²) in [7, 11) is 0. The Kier molecular flexibility index (Phi) is 6.70. The van der Waals surface area contributed by atoms with Crippen LogP contribution in [0.1, 0.15) is 32.9 Å². The Bertz CT molecular complexity index is 1130. The molecule has 11 heteroatoms. The molecular weight excluding hydrogens is 452 g/mol. The van der Waals surface area contributed by atoms with Gasteiger partial charge in [0, 0.05) is 18.1 Å². The number of aromatic nitrogens is 2. The van der Waals surface area contributed by atoms with Crippen LogP contribution in [0.4, 0.5) is 32.0 Å². The summed E-state index contributed by atoms with van der Waals surface area (Å²) >= 11 is 0. The number of alkyl halides is 6. The molecule has 1 amide bonds. The van der Waals surface area contributed by atoms with Crippen molar-refractivity contribution in [2.45, 2.75) is 18.8 Å². The highest BCUT2D eigenvalue weighted by atomic mass is 19.4. The highest BCUT2D eigenvalue weighted by molar-refractivity contribution is 6.04. The summed E-state index contributed by atoms with van der Waals surface area (Å²) in [5.41, 5.74) is -2.56. The van der Waals surface area contributed by atoms with Crippen molar-refractivity contribution in [1.29, 1.82) is 0 Å². The van der Waals surface area contributed by atoms with Crippen LogP contribution in [0.2, 0.25) is 0 Å². The van der Waals surface area contributed by atoms with Crippen molar-refractivity contribution in [2.75, 3.05) is 5.32 Å². The van der Waals surface area contributed by atoms with Crippen molar-refractivity contribution in [3.63, 3.8) is 0 Å². The van der Waals surface area contributed by atoms with Crippen molar-refractivity contribution in [3.05, 3.63) is 89.0 Å².